The molecule has 1 aliphatic rings. The lowest BCUT2D eigenvalue weighted by Crippen LogP contribution is -3.12. The fourth-order valence-electron chi connectivity index (χ4n) is 2.52. The highest BCUT2D eigenvalue weighted by Crippen LogP contribution is 2.32. The van der Waals surface area contributed by atoms with Crippen LogP contribution < -0.4 is 19.7 Å². The predicted octanol–water partition coefficient (Wildman–Crippen LogP) is 1.46. The molecule has 1 unspecified atom stereocenters. The van der Waals surface area contributed by atoms with E-state index in [2.05, 4.69) is 5.32 Å². The Morgan fingerprint density at radius 3 is 2.70 bits per heavy atom. The lowest BCUT2D eigenvalue weighted by atomic mass is 10.1. The molecule has 120 valence electrons. The summed E-state index contributed by atoms with van der Waals surface area (Å²) in [5.74, 6) is 1.56. The number of amides is 1. The van der Waals surface area contributed by atoms with Gasteiger partial charge in [-0.1, -0.05) is 18.2 Å². The molecule has 0 saturated heterocycles. The van der Waals surface area contributed by atoms with Crippen LogP contribution in [0.4, 0.5) is 5.69 Å². The Morgan fingerprint density at radius 1 is 1.17 bits per heavy atom. The van der Waals surface area contributed by atoms with Crippen LogP contribution in [0.3, 0.4) is 0 Å². The van der Waals surface area contributed by atoms with Gasteiger partial charge in [0.05, 0.1) is 7.05 Å². The van der Waals surface area contributed by atoms with Gasteiger partial charge in [-0.05, 0) is 37.3 Å². The smallest absolute Gasteiger partial charge is 0.282 e. The summed E-state index contributed by atoms with van der Waals surface area (Å²) in [5.41, 5.74) is 1.94. The summed E-state index contributed by atoms with van der Waals surface area (Å²) < 4.78 is 10.7. The summed E-state index contributed by atoms with van der Waals surface area (Å²) in [6, 6.07) is 15.3. The zero-order chi connectivity index (χ0) is 16.2. The Morgan fingerprint density at radius 2 is 1.91 bits per heavy atom. The number of carbonyl (C=O) groups excluding carboxylic acids is 1. The second-order valence-electron chi connectivity index (χ2n) is 5.79. The number of nitrogens with one attached hydrogen (secondary N) is 2. The molecular weight excluding hydrogens is 292 g/mol. The molecule has 2 atom stereocenters. The van der Waals surface area contributed by atoms with Crippen molar-refractivity contribution in [1.29, 1.82) is 0 Å². The van der Waals surface area contributed by atoms with E-state index >= 15 is 0 Å². The van der Waals surface area contributed by atoms with Crippen LogP contribution >= 0.6 is 0 Å². The van der Waals surface area contributed by atoms with Crippen molar-refractivity contribution in [1.82, 2.24) is 0 Å². The van der Waals surface area contributed by atoms with E-state index in [1.165, 1.54) is 0 Å². The third kappa shape index (κ3) is 3.63. The van der Waals surface area contributed by atoms with E-state index in [1.807, 2.05) is 62.5 Å². The Labute approximate surface area is 135 Å². The number of anilines is 1. The van der Waals surface area contributed by atoms with Gasteiger partial charge in [0, 0.05) is 11.3 Å². The van der Waals surface area contributed by atoms with Crippen LogP contribution in [0, 0.1) is 0 Å². The number of hydrogen-bond donors (Lipinski definition) is 2. The first-order valence-corrected chi connectivity index (χ1v) is 7.70. The van der Waals surface area contributed by atoms with Crippen LogP contribution in [0.5, 0.6) is 11.5 Å². The summed E-state index contributed by atoms with van der Waals surface area (Å²) in [7, 11) is 2.01. The minimum absolute atomic E-state index is 0.00874. The number of para-hydroxylation sites is 1. The van der Waals surface area contributed by atoms with Crippen molar-refractivity contribution in [3.63, 3.8) is 0 Å². The Bertz CT molecular complexity index is 688. The molecule has 0 aromatic heterocycles. The lowest BCUT2D eigenvalue weighted by Gasteiger charge is -2.21. The molecule has 1 heterocycles. The Hall–Kier alpha value is -2.53. The number of rotatable bonds is 5. The van der Waals surface area contributed by atoms with E-state index in [4.69, 9.17) is 9.47 Å². The fourth-order valence-corrected chi connectivity index (χ4v) is 2.52. The minimum Gasteiger partial charge on any atom is -0.454 e. The van der Waals surface area contributed by atoms with Crippen LogP contribution in [0.25, 0.3) is 0 Å². The monoisotopic (exact) mass is 313 g/mol. The zero-order valence-electron chi connectivity index (χ0n) is 13.3. The molecule has 0 saturated carbocycles. The van der Waals surface area contributed by atoms with Crippen molar-refractivity contribution in [2.45, 2.75) is 19.5 Å². The quantitative estimate of drug-likeness (QED) is 0.879. The lowest BCUT2D eigenvalue weighted by molar-refractivity contribution is -0.907. The summed E-state index contributed by atoms with van der Waals surface area (Å²) in [4.78, 5) is 13.5. The molecule has 2 aromatic carbocycles. The Balaban J connectivity index is 1.61. The molecule has 0 spiro atoms. The van der Waals surface area contributed by atoms with Crippen molar-refractivity contribution >= 4 is 11.6 Å². The maximum absolute atomic E-state index is 12.4. The van der Waals surface area contributed by atoms with Gasteiger partial charge in [0.2, 0.25) is 6.79 Å². The highest BCUT2D eigenvalue weighted by atomic mass is 16.7. The van der Waals surface area contributed by atoms with Gasteiger partial charge in [-0.15, -0.1) is 0 Å². The average molecular weight is 313 g/mol. The fraction of sp³-hybridized carbons (Fsp3) is 0.278. The molecule has 0 fully saturated rings. The molecule has 0 radical (unpaired) electrons. The molecular formula is C18H21N2O3+. The van der Waals surface area contributed by atoms with Gasteiger partial charge in [-0.2, -0.15) is 0 Å². The van der Waals surface area contributed by atoms with Crippen LogP contribution in [0.1, 0.15) is 12.5 Å². The highest BCUT2D eigenvalue weighted by molar-refractivity contribution is 5.93. The number of carbonyl (C=O) groups is 1. The van der Waals surface area contributed by atoms with E-state index in [-0.39, 0.29) is 18.7 Å². The van der Waals surface area contributed by atoms with Gasteiger partial charge in [0.1, 0.15) is 6.54 Å². The summed E-state index contributed by atoms with van der Waals surface area (Å²) in [6.45, 7) is 2.94. The highest BCUT2D eigenvalue weighted by Gasteiger charge is 2.23. The molecule has 0 bridgehead atoms. The van der Waals surface area contributed by atoms with E-state index < -0.39 is 0 Å². The minimum atomic E-state index is -0.166. The molecule has 2 N–H and O–H groups in total. The largest absolute Gasteiger partial charge is 0.454 e. The average Bonchev–Trinajstić information content (AvgIpc) is 3.02. The maximum Gasteiger partial charge on any atom is 0.282 e. The number of fused-ring (bicyclic) bond motifs is 1. The molecule has 1 aliphatic heterocycles. The summed E-state index contributed by atoms with van der Waals surface area (Å²) in [5, 5.41) is 2.95. The molecule has 0 aliphatic carbocycles. The number of likely N-dealkylation sites (N-methyl/N-ethyl adjacent to an activating group) is 1. The first kappa shape index (κ1) is 15.4. The molecule has 1 amide bonds. The van der Waals surface area contributed by atoms with Crippen LogP contribution in [0.15, 0.2) is 48.5 Å². The Kier molecular flexibility index (Phi) is 4.48. The van der Waals surface area contributed by atoms with E-state index in [9.17, 15) is 4.79 Å². The van der Waals surface area contributed by atoms with E-state index in [0.717, 1.165) is 34.2 Å². The molecule has 23 heavy (non-hydrogen) atoms. The molecule has 2 aromatic rings. The van der Waals surface area contributed by atoms with Crippen LogP contribution in [-0.2, 0) is 11.3 Å². The third-order valence-corrected chi connectivity index (χ3v) is 4.09. The van der Waals surface area contributed by atoms with Crippen molar-refractivity contribution in [2.24, 2.45) is 0 Å². The number of ether oxygens (including phenoxy) is 2. The van der Waals surface area contributed by atoms with Gasteiger partial charge < -0.3 is 19.7 Å². The number of hydrogen-bond acceptors (Lipinski definition) is 3. The van der Waals surface area contributed by atoms with Crippen LogP contribution in [-0.4, -0.2) is 25.8 Å². The molecule has 3 rings (SSSR count). The topological polar surface area (TPSA) is 52.0 Å². The van der Waals surface area contributed by atoms with Crippen molar-refractivity contribution in [3.8, 4) is 11.5 Å². The normalized spacial score (nSPS) is 15.0. The number of benzene rings is 2. The first-order chi connectivity index (χ1) is 11.1. The maximum atomic E-state index is 12.4. The SMILES string of the molecule is C[C@@H](C(=O)Nc1ccccc1)[NH+](C)Cc1ccc2c(c1)OCO2. The predicted molar refractivity (Wildman–Crippen MR) is 87.7 cm³/mol. The number of quaternary nitrogens is 1. The molecule has 5 heteroatoms. The van der Waals surface area contributed by atoms with E-state index in [1.54, 1.807) is 0 Å². The van der Waals surface area contributed by atoms with Crippen molar-refractivity contribution in [3.05, 3.63) is 54.1 Å². The third-order valence-electron chi connectivity index (χ3n) is 4.09. The second-order valence-corrected chi connectivity index (χ2v) is 5.79. The zero-order valence-corrected chi connectivity index (χ0v) is 13.3. The van der Waals surface area contributed by atoms with Gasteiger partial charge in [-0.3, -0.25) is 4.79 Å². The summed E-state index contributed by atoms with van der Waals surface area (Å²) in [6.07, 6.45) is 0. The van der Waals surface area contributed by atoms with Crippen molar-refractivity contribution in [2.75, 3.05) is 19.2 Å². The van der Waals surface area contributed by atoms with Gasteiger partial charge in [0.15, 0.2) is 17.5 Å². The van der Waals surface area contributed by atoms with Gasteiger partial charge in [0.25, 0.3) is 5.91 Å². The van der Waals surface area contributed by atoms with Gasteiger partial charge >= 0.3 is 0 Å². The molecule has 5 nitrogen and oxygen atoms in total. The van der Waals surface area contributed by atoms with Crippen molar-refractivity contribution < 1.29 is 19.2 Å². The second kappa shape index (κ2) is 6.71. The first-order valence-electron chi connectivity index (χ1n) is 7.70. The van der Waals surface area contributed by atoms with Gasteiger partial charge in [-0.25, -0.2) is 0 Å². The van der Waals surface area contributed by atoms with E-state index in [0.29, 0.717) is 0 Å². The standard InChI is InChI=1S/C18H20N2O3/c1-13(18(21)19-15-6-4-3-5-7-15)20(2)11-14-8-9-16-17(10-14)23-12-22-16/h3-10,13H,11-12H2,1-2H3,(H,19,21)/p+1/t13-/m0/s1. The summed E-state index contributed by atoms with van der Waals surface area (Å²) >= 11 is 0. The van der Waals surface area contributed by atoms with Crippen LogP contribution in [0.2, 0.25) is 0 Å².